The summed E-state index contributed by atoms with van der Waals surface area (Å²) in [5.41, 5.74) is 0. The number of hydrogen-bond donors (Lipinski definition) is 2. The molecule has 1 atom stereocenters. The Hall–Kier alpha value is -0.430. The summed E-state index contributed by atoms with van der Waals surface area (Å²) < 4.78 is 35.0. The highest BCUT2D eigenvalue weighted by atomic mass is 32.2. The minimum absolute atomic E-state index is 0.0111. The Morgan fingerprint density at radius 2 is 2.13 bits per heavy atom. The van der Waals surface area contributed by atoms with E-state index in [0.29, 0.717) is 5.75 Å². The predicted octanol–water partition coefficient (Wildman–Crippen LogP) is 1.03. The monoisotopic (exact) mass is 245 g/mol. The van der Waals surface area contributed by atoms with E-state index < -0.39 is 18.6 Å². The normalized spacial score (nSPS) is 13.7. The van der Waals surface area contributed by atoms with Crippen LogP contribution in [0.15, 0.2) is 0 Å². The van der Waals surface area contributed by atoms with Gasteiger partial charge in [0.2, 0.25) is 5.91 Å². The van der Waals surface area contributed by atoms with Crippen LogP contribution in [0.4, 0.5) is 13.2 Å². The molecule has 0 saturated heterocycles. The molecule has 0 aliphatic heterocycles. The zero-order valence-electron chi connectivity index (χ0n) is 8.30. The van der Waals surface area contributed by atoms with Gasteiger partial charge in [-0.2, -0.15) is 24.9 Å². The van der Waals surface area contributed by atoms with Crippen molar-refractivity contribution < 1.29 is 23.1 Å². The van der Waals surface area contributed by atoms with E-state index in [1.807, 2.05) is 0 Å². The Balaban J connectivity index is 3.50. The lowest BCUT2D eigenvalue weighted by atomic mass is 10.2. The molecule has 0 radical (unpaired) electrons. The largest absolute Gasteiger partial charge is 0.405 e. The SMILES string of the molecule is CC(CO)CSCC(=O)NCC(F)(F)F. The number of carbonyl (C=O) groups excluding carboxylic acids is 1. The van der Waals surface area contributed by atoms with Crippen molar-refractivity contribution in [2.75, 3.05) is 24.7 Å². The average molecular weight is 245 g/mol. The summed E-state index contributed by atoms with van der Waals surface area (Å²) in [4.78, 5) is 10.9. The Morgan fingerprint density at radius 3 is 2.60 bits per heavy atom. The lowest BCUT2D eigenvalue weighted by Gasteiger charge is -2.09. The number of hydrogen-bond acceptors (Lipinski definition) is 3. The van der Waals surface area contributed by atoms with Gasteiger partial charge in [0.1, 0.15) is 6.54 Å². The molecular formula is C8H14F3NO2S. The summed E-state index contributed by atoms with van der Waals surface area (Å²) in [6, 6.07) is 0. The molecule has 0 rings (SSSR count). The summed E-state index contributed by atoms with van der Waals surface area (Å²) in [5.74, 6) is -0.0519. The van der Waals surface area contributed by atoms with Crippen LogP contribution in [-0.2, 0) is 4.79 Å². The number of halogens is 3. The third-order valence-electron chi connectivity index (χ3n) is 1.43. The van der Waals surface area contributed by atoms with Crippen LogP contribution in [0.5, 0.6) is 0 Å². The quantitative estimate of drug-likeness (QED) is 0.734. The number of carbonyl (C=O) groups is 1. The van der Waals surface area contributed by atoms with Crippen molar-refractivity contribution in [3.63, 3.8) is 0 Å². The molecule has 1 unspecified atom stereocenters. The van der Waals surface area contributed by atoms with Gasteiger partial charge in [-0.1, -0.05) is 6.92 Å². The molecule has 90 valence electrons. The molecule has 0 bridgehead atoms. The van der Waals surface area contributed by atoms with E-state index in [1.165, 1.54) is 11.8 Å². The van der Waals surface area contributed by atoms with Crippen LogP contribution in [0.3, 0.4) is 0 Å². The fourth-order valence-electron chi connectivity index (χ4n) is 0.655. The first kappa shape index (κ1) is 14.6. The Kier molecular flexibility index (Phi) is 6.75. The summed E-state index contributed by atoms with van der Waals surface area (Å²) in [6.07, 6.45) is -4.36. The molecule has 0 fully saturated rings. The van der Waals surface area contributed by atoms with Gasteiger partial charge in [-0.15, -0.1) is 0 Å². The van der Waals surface area contributed by atoms with Gasteiger partial charge in [0.05, 0.1) is 5.75 Å². The summed E-state index contributed by atoms with van der Waals surface area (Å²) in [6.45, 7) is 0.514. The number of aliphatic hydroxyl groups is 1. The first-order valence-corrected chi connectivity index (χ1v) is 5.52. The predicted molar refractivity (Wildman–Crippen MR) is 52.6 cm³/mol. The smallest absolute Gasteiger partial charge is 0.396 e. The van der Waals surface area contributed by atoms with Crippen molar-refractivity contribution in [2.45, 2.75) is 13.1 Å². The number of rotatable bonds is 6. The van der Waals surface area contributed by atoms with E-state index >= 15 is 0 Å². The second kappa shape index (κ2) is 6.95. The number of aliphatic hydroxyl groups excluding tert-OH is 1. The molecule has 3 nitrogen and oxygen atoms in total. The highest BCUT2D eigenvalue weighted by Crippen LogP contribution is 2.12. The fraction of sp³-hybridized carbons (Fsp3) is 0.875. The van der Waals surface area contributed by atoms with Crippen LogP contribution in [-0.4, -0.2) is 41.8 Å². The van der Waals surface area contributed by atoms with E-state index in [9.17, 15) is 18.0 Å². The molecule has 7 heteroatoms. The van der Waals surface area contributed by atoms with E-state index in [1.54, 1.807) is 12.2 Å². The molecule has 0 aliphatic carbocycles. The molecule has 0 aromatic heterocycles. The first-order chi connectivity index (χ1) is 6.85. The Bertz CT molecular complexity index is 199. The third-order valence-corrected chi connectivity index (χ3v) is 2.70. The Labute approximate surface area is 90.4 Å². The van der Waals surface area contributed by atoms with Crippen molar-refractivity contribution in [1.82, 2.24) is 5.32 Å². The molecule has 2 N–H and O–H groups in total. The topological polar surface area (TPSA) is 49.3 Å². The van der Waals surface area contributed by atoms with Crippen LogP contribution >= 0.6 is 11.8 Å². The number of amides is 1. The van der Waals surface area contributed by atoms with E-state index in [-0.39, 0.29) is 18.3 Å². The second-order valence-electron chi connectivity index (χ2n) is 3.19. The molecular weight excluding hydrogens is 231 g/mol. The van der Waals surface area contributed by atoms with E-state index in [0.717, 1.165) is 0 Å². The van der Waals surface area contributed by atoms with Gasteiger partial charge >= 0.3 is 6.18 Å². The minimum atomic E-state index is -4.36. The van der Waals surface area contributed by atoms with Crippen molar-refractivity contribution in [3.05, 3.63) is 0 Å². The van der Waals surface area contributed by atoms with Crippen molar-refractivity contribution in [3.8, 4) is 0 Å². The maximum absolute atomic E-state index is 11.7. The van der Waals surface area contributed by atoms with Gasteiger partial charge in [-0.25, -0.2) is 0 Å². The summed E-state index contributed by atoms with van der Waals surface area (Å²) in [5, 5.41) is 10.4. The van der Waals surface area contributed by atoms with Crippen LogP contribution in [0.2, 0.25) is 0 Å². The molecule has 0 spiro atoms. The maximum Gasteiger partial charge on any atom is 0.405 e. The van der Waals surface area contributed by atoms with Gasteiger partial charge in [-0.05, 0) is 11.7 Å². The van der Waals surface area contributed by atoms with Crippen molar-refractivity contribution >= 4 is 17.7 Å². The summed E-state index contributed by atoms with van der Waals surface area (Å²) >= 11 is 1.21. The molecule has 0 aliphatic rings. The fourth-order valence-corrected chi connectivity index (χ4v) is 1.57. The molecule has 0 heterocycles. The van der Waals surface area contributed by atoms with Crippen LogP contribution in [0.25, 0.3) is 0 Å². The lowest BCUT2D eigenvalue weighted by Crippen LogP contribution is -2.34. The molecule has 1 amide bonds. The van der Waals surface area contributed by atoms with Crippen molar-refractivity contribution in [2.24, 2.45) is 5.92 Å². The first-order valence-electron chi connectivity index (χ1n) is 4.37. The van der Waals surface area contributed by atoms with Gasteiger partial charge < -0.3 is 10.4 Å². The summed E-state index contributed by atoms with van der Waals surface area (Å²) in [7, 11) is 0. The van der Waals surface area contributed by atoms with Crippen LogP contribution < -0.4 is 5.32 Å². The van der Waals surface area contributed by atoms with E-state index in [4.69, 9.17) is 5.11 Å². The standard InChI is InChI=1S/C8H14F3NO2S/c1-6(2-13)3-15-4-7(14)12-5-8(9,10)11/h6,13H,2-5H2,1H3,(H,12,14). The van der Waals surface area contributed by atoms with Gasteiger partial charge in [-0.3, -0.25) is 4.79 Å². The molecule has 0 aromatic carbocycles. The Morgan fingerprint density at radius 1 is 1.53 bits per heavy atom. The van der Waals surface area contributed by atoms with Crippen molar-refractivity contribution in [1.29, 1.82) is 0 Å². The molecule has 0 aromatic rings. The molecule has 0 saturated carbocycles. The number of nitrogens with one attached hydrogen (secondary N) is 1. The maximum atomic E-state index is 11.7. The van der Waals surface area contributed by atoms with Gasteiger partial charge in [0.25, 0.3) is 0 Å². The zero-order chi connectivity index (χ0) is 11.9. The highest BCUT2D eigenvalue weighted by molar-refractivity contribution is 7.99. The van der Waals surface area contributed by atoms with Gasteiger partial charge in [0, 0.05) is 6.61 Å². The lowest BCUT2D eigenvalue weighted by molar-refractivity contribution is -0.136. The van der Waals surface area contributed by atoms with Gasteiger partial charge in [0.15, 0.2) is 0 Å². The molecule has 15 heavy (non-hydrogen) atoms. The third kappa shape index (κ3) is 9.86. The number of thioether (sulfide) groups is 1. The highest BCUT2D eigenvalue weighted by Gasteiger charge is 2.27. The average Bonchev–Trinajstić information content (AvgIpc) is 2.13. The number of alkyl halides is 3. The van der Waals surface area contributed by atoms with Crippen LogP contribution in [0, 0.1) is 5.92 Å². The van der Waals surface area contributed by atoms with Crippen LogP contribution in [0.1, 0.15) is 6.92 Å². The van der Waals surface area contributed by atoms with E-state index in [2.05, 4.69) is 0 Å². The second-order valence-corrected chi connectivity index (χ2v) is 4.23. The minimum Gasteiger partial charge on any atom is -0.396 e. The zero-order valence-corrected chi connectivity index (χ0v) is 9.12.